The third kappa shape index (κ3) is 3.32. The van der Waals surface area contributed by atoms with Gasteiger partial charge in [-0.2, -0.15) is 5.10 Å². The maximum atomic E-state index is 5.26. The number of hydrogen-bond acceptors (Lipinski definition) is 6. The molecule has 0 unspecified atom stereocenters. The molecule has 152 valence electrons. The van der Waals surface area contributed by atoms with E-state index in [9.17, 15) is 0 Å². The molecule has 1 aliphatic heterocycles. The molecule has 2 aromatic heterocycles. The lowest BCUT2D eigenvalue weighted by Gasteiger charge is -2.36. The van der Waals surface area contributed by atoms with E-state index in [1.165, 1.54) is 11.3 Å². The third-order valence-corrected chi connectivity index (χ3v) is 5.61. The number of piperazine rings is 1. The molecular weight excluding hydrogens is 376 g/mol. The molecule has 4 aromatic rings. The van der Waals surface area contributed by atoms with Crippen LogP contribution in [0.25, 0.3) is 16.7 Å². The van der Waals surface area contributed by atoms with Crippen LogP contribution in [-0.2, 0) is 0 Å². The predicted octanol–water partition coefficient (Wildman–Crippen LogP) is 3.46. The quantitative estimate of drug-likeness (QED) is 0.523. The summed E-state index contributed by atoms with van der Waals surface area (Å²) in [5, 5.41) is 5.59. The fourth-order valence-corrected chi connectivity index (χ4v) is 4.00. The predicted molar refractivity (Wildman–Crippen MR) is 119 cm³/mol. The van der Waals surface area contributed by atoms with Crippen LogP contribution in [-0.4, -0.2) is 53.0 Å². The van der Waals surface area contributed by atoms with Gasteiger partial charge in [0.25, 0.3) is 0 Å². The average molecular weight is 400 g/mol. The van der Waals surface area contributed by atoms with Gasteiger partial charge in [0.2, 0.25) is 0 Å². The Bertz CT molecular complexity index is 1160. The number of anilines is 2. The van der Waals surface area contributed by atoms with Crippen LogP contribution in [0.2, 0.25) is 0 Å². The highest BCUT2D eigenvalue weighted by molar-refractivity contribution is 5.87. The summed E-state index contributed by atoms with van der Waals surface area (Å²) in [6.45, 7) is 5.74. The van der Waals surface area contributed by atoms with E-state index in [0.29, 0.717) is 0 Å². The average Bonchev–Trinajstić information content (AvgIpc) is 3.24. The number of aromatic nitrogens is 4. The van der Waals surface area contributed by atoms with Crippen LogP contribution >= 0.6 is 0 Å². The van der Waals surface area contributed by atoms with Crippen LogP contribution in [0.5, 0.6) is 5.75 Å². The van der Waals surface area contributed by atoms with Crippen molar-refractivity contribution in [3.8, 4) is 11.4 Å². The Morgan fingerprint density at radius 1 is 0.867 bits per heavy atom. The van der Waals surface area contributed by atoms with Crippen LogP contribution in [0, 0.1) is 6.92 Å². The zero-order valence-electron chi connectivity index (χ0n) is 17.2. The topological polar surface area (TPSA) is 59.3 Å². The molecule has 1 fully saturated rings. The SMILES string of the molecule is COc1ccc(N2CCN(c3ncnc4c3cnn4-c3cccc(C)c3)CC2)cc1. The number of fused-ring (bicyclic) bond motifs is 1. The van der Waals surface area contributed by atoms with E-state index in [1.807, 2.05) is 29.1 Å². The third-order valence-electron chi connectivity index (χ3n) is 5.61. The molecule has 1 saturated heterocycles. The van der Waals surface area contributed by atoms with Crippen molar-refractivity contribution in [1.82, 2.24) is 19.7 Å². The highest BCUT2D eigenvalue weighted by Crippen LogP contribution is 2.27. The fraction of sp³-hybridized carbons (Fsp3) is 0.261. The summed E-state index contributed by atoms with van der Waals surface area (Å²) in [7, 11) is 1.69. The number of benzene rings is 2. The van der Waals surface area contributed by atoms with Crippen molar-refractivity contribution in [3.05, 3.63) is 66.6 Å². The van der Waals surface area contributed by atoms with Crippen molar-refractivity contribution in [2.45, 2.75) is 6.92 Å². The van der Waals surface area contributed by atoms with E-state index < -0.39 is 0 Å². The van der Waals surface area contributed by atoms with Gasteiger partial charge in [-0.1, -0.05) is 12.1 Å². The molecule has 30 heavy (non-hydrogen) atoms. The zero-order valence-corrected chi connectivity index (χ0v) is 17.2. The summed E-state index contributed by atoms with van der Waals surface area (Å²) in [4.78, 5) is 13.8. The van der Waals surface area contributed by atoms with Gasteiger partial charge >= 0.3 is 0 Å². The molecule has 0 spiro atoms. The van der Waals surface area contributed by atoms with Crippen LogP contribution in [0.3, 0.4) is 0 Å². The Balaban J connectivity index is 1.38. The Morgan fingerprint density at radius 2 is 1.63 bits per heavy atom. The molecule has 1 aliphatic rings. The standard InChI is InChI=1S/C23H24N6O/c1-17-4-3-5-19(14-17)29-23-21(15-26-29)22(24-16-25-23)28-12-10-27(11-13-28)18-6-8-20(30-2)9-7-18/h3-9,14-16H,10-13H2,1-2H3. The Kier molecular flexibility index (Phi) is 4.71. The number of nitrogens with zero attached hydrogens (tertiary/aromatic N) is 6. The van der Waals surface area contributed by atoms with Crippen molar-refractivity contribution < 1.29 is 4.74 Å². The van der Waals surface area contributed by atoms with Gasteiger partial charge in [0.15, 0.2) is 5.65 Å². The summed E-state index contributed by atoms with van der Waals surface area (Å²) in [6, 6.07) is 16.5. The summed E-state index contributed by atoms with van der Waals surface area (Å²) >= 11 is 0. The van der Waals surface area contributed by atoms with Gasteiger partial charge in [-0.05, 0) is 48.9 Å². The zero-order chi connectivity index (χ0) is 20.5. The second-order valence-electron chi connectivity index (χ2n) is 7.50. The van der Waals surface area contributed by atoms with Gasteiger partial charge in [0.05, 0.1) is 24.4 Å². The van der Waals surface area contributed by atoms with Crippen molar-refractivity contribution in [2.75, 3.05) is 43.1 Å². The number of hydrogen-bond donors (Lipinski definition) is 0. The minimum atomic E-state index is 0.836. The molecule has 0 saturated carbocycles. The summed E-state index contributed by atoms with van der Waals surface area (Å²) in [5.74, 6) is 1.83. The first-order valence-corrected chi connectivity index (χ1v) is 10.1. The van der Waals surface area contributed by atoms with E-state index in [0.717, 1.165) is 54.5 Å². The second-order valence-corrected chi connectivity index (χ2v) is 7.50. The Hall–Kier alpha value is -3.61. The molecule has 0 N–H and O–H groups in total. The minimum Gasteiger partial charge on any atom is -0.497 e. The summed E-state index contributed by atoms with van der Waals surface area (Å²) in [5.41, 5.74) is 4.26. The van der Waals surface area contributed by atoms with Gasteiger partial charge in [0.1, 0.15) is 17.9 Å². The molecule has 0 radical (unpaired) electrons. The molecule has 7 heteroatoms. The lowest BCUT2D eigenvalue weighted by molar-refractivity contribution is 0.415. The monoisotopic (exact) mass is 400 g/mol. The maximum Gasteiger partial charge on any atom is 0.168 e. The van der Waals surface area contributed by atoms with Crippen LogP contribution in [0.1, 0.15) is 5.56 Å². The van der Waals surface area contributed by atoms with Gasteiger partial charge in [-0.25, -0.2) is 14.6 Å². The molecule has 0 atom stereocenters. The highest BCUT2D eigenvalue weighted by atomic mass is 16.5. The first-order chi connectivity index (χ1) is 14.7. The van der Waals surface area contributed by atoms with Gasteiger partial charge < -0.3 is 14.5 Å². The molecule has 2 aromatic carbocycles. The van der Waals surface area contributed by atoms with Crippen LogP contribution in [0.4, 0.5) is 11.5 Å². The molecule has 5 rings (SSSR count). The largest absolute Gasteiger partial charge is 0.497 e. The first kappa shape index (κ1) is 18.4. The number of aryl methyl sites for hydroxylation is 1. The van der Waals surface area contributed by atoms with E-state index in [4.69, 9.17) is 4.74 Å². The summed E-state index contributed by atoms with van der Waals surface area (Å²) in [6.07, 6.45) is 3.52. The van der Waals surface area contributed by atoms with E-state index in [2.05, 4.69) is 62.1 Å². The van der Waals surface area contributed by atoms with E-state index in [-0.39, 0.29) is 0 Å². The first-order valence-electron chi connectivity index (χ1n) is 10.1. The molecule has 0 amide bonds. The fourth-order valence-electron chi connectivity index (χ4n) is 4.00. The van der Waals surface area contributed by atoms with E-state index in [1.54, 1.807) is 13.4 Å². The Morgan fingerprint density at radius 3 is 2.37 bits per heavy atom. The molecule has 0 aliphatic carbocycles. The second kappa shape index (κ2) is 7.67. The van der Waals surface area contributed by atoms with Gasteiger partial charge in [-0.3, -0.25) is 0 Å². The minimum absolute atomic E-state index is 0.836. The number of rotatable bonds is 4. The number of ether oxygens (including phenoxy) is 1. The summed E-state index contributed by atoms with van der Waals surface area (Å²) < 4.78 is 7.15. The lowest BCUT2D eigenvalue weighted by Crippen LogP contribution is -2.46. The van der Waals surface area contributed by atoms with Crippen molar-refractivity contribution in [1.29, 1.82) is 0 Å². The maximum absolute atomic E-state index is 5.26. The Labute approximate surface area is 175 Å². The number of methoxy groups -OCH3 is 1. The van der Waals surface area contributed by atoms with Crippen molar-refractivity contribution >= 4 is 22.5 Å². The molecular formula is C23H24N6O. The smallest absolute Gasteiger partial charge is 0.168 e. The lowest BCUT2D eigenvalue weighted by atomic mass is 10.2. The van der Waals surface area contributed by atoms with Crippen molar-refractivity contribution in [3.63, 3.8) is 0 Å². The van der Waals surface area contributed by atoms with E-state index >= 15 is 0 Å². The highest BCUT2D eigenvalue weighted by Gasteiger charge is 2.22. The van der Waals surface area contributed by atoms with Crippen LogP contribution < -0.4 is 14.5 Å². The normalized spacial score (nSPS) is 14.3. The van der Waals surface area contributed by atoms with Gasteiger partial charge in [-0.15, -0.1) is 0 Å². The molecule has 3 heterocycles. The van der Waals surface area contributed by atoms with Crippen LogP contribution in [0.15, 0.2) is 61.1 Å². The molecule has 7 nitrogen and oxygen atoms in total. The molecule has 0 bridgehead atoms. The van der Waals surface area contributed by atoms with Gasteiger partial charge in [0, 0.05) is 31.9 Å². The van der Waals surface area contributed by atoms with Crippen molar-refractivity contribution in [2.24, 2.45) is 0 Å².